The van der Waals surface area contributed by atoms with Crippen LogP contribution in [0.2, 0.25) is 0 Å². The van der Waals surface area contributed by atoms with Gasteiger partial charge in [-0.25, -0.2) is 4.79 Å². The molecule has 4 amide bonds. The zero-order valence-electron chi connectivity index (χ0n) is 15.0. The number of hydrogen-bond donors (Lipinski definition) is 1. The Morgan fingerprint density at radius 2 is 1.85 bits per heavy atom. The molecule has 1 N–H and O–H groups in total. The number of imide groups is 1. The number of nitrogens with zero attached hydrogens (tertiary/aromatic N) is 3. The highest BCUT2D eigenvalue weighted by atomic mass is 16.5. The Hall–Kier alpha value is -3.10. The van der Waals surface area contributed by atoms with Gasteiger partial charge in [0.15, 0.2) is 6.61 Å². The molecule has 1 saturated heterocycles. The third kappa shape index (κ3) is 4.95. The van der Waals surface area contributed by atoms with Crippen LogP contribution in [0.3, 0.4) is 0 Å². The number of nitrogens with one attached hydrogen (secondary N) is 1. The summed E-state index contributed by atoms with van der Waals surface area (Å²) in [6, 6.07) is 7.09. The van der Waals surface area contributed by atoms with Crippen LogP contribution in [0.15, 0.2) is 24.3 Å². The van der Waals surface area contributed by atoms with Crippen molar-refractivity contribution in [3.63, 3.8) is 0 Å². The Balaban J connectivity index is 1.72. The molecule has 1 aliphatic heterocycles. The van der Waals surface area contributed by atoms with Crippen molar-refractivity contribution < 1.29 is 23.9 Å². The minimum Gasteiger partial charge on any atom is -0.454 e. The van der Waals surface area contributed by atoms with E-state index in [0.717, 1.165) is 16.2 Å². The first-order valence-corrected chi connectivity index (χ1v) is 8.02. The summed E-state index contributed by atoms with van der Waals surface area (Å²) in [5.41, 5.74) is 1.96. The van der Waals surface area contributed by atoms with E-state index in [-0.39, 0.29) is 6.54 Å². The van der Waals surface area contributed by atoms with Crippen molar-refractivity contribution in [1.29, 1.82) is 0 Å². The van der Waals surface area contributed by atoms with Gasteiger partial charge in [-0.3, -0.25) is 19.3 Å². The molecule has 1 aliphatic rings. The summed E-state index contributed by atoms with van der Waals surface area (Å²) in [5.74, 6) is -1.75. The molecular formula is C17H22N4O5. The van der Waals surface area contributed by atoms with Gasteiger partial charge in [0.1, 0.15) is 13.1 Å². The lowest BCUT2D eigenvalue weighted by Crippen LogP contribution is -2.38. The zero-order valence-corrected chi connectivity index (χ0v) is 15.0. The van der Waals surface area contributed by atoms with Crippen molar-refractivity contribution in [2.75, 3.05) is 45.7 Å². The van der Waals surface area contributed by atoms with E-state index < -0.39 is 37.0 Å². The number of carbonyl (C=O) groups excluding carboxylic acids is 4. The van der Waals surface area contributed by atoms with Crippen LogP contribution in [0.25, 0.3) is 0 Å². The Kier molecular flexibility index (Phi) is 6.16. The third-order valence-electron chi connectivity index (χ3n) is 3.82. The van der Waals surface area contributed by atoms with Crippen molar-refractivity contribution >= 4 is 29.5 Å². The maximum atomic E-state index is 11.8. The molecule has 140 valence electrons. The van der Waals surface area contributed by atoms with Crippen LogP contribution in [-0.2, 0) is 25.7 Å². The van der Waals surface area contributed by atoms with Gasteiger partial charge in [0.05, 0.1) is 0 Å². The van der Waals surface area contributed by atoms with E-state index in [9.17, 15) is 19.2 Å². The molecule has 0 atom stereocenters. The predicted molar refractivity (Wildman–Crippen MR) is 93.3 cm³/mol. The van der Waals surface area contributed by atoms with E-state index in [1.165, 1.54) is 11.9 Å². The van der Waals surface area contributed by atoms with E-state index in [1.807, 2.05) is 43.3 Å². The first-order chi connectivity index (χ1) is 12.3. The standard InChI is InChI=1S/C17H22N4O5/c1-19(2)13-6-4-12(5-7-13)8-18-14(22)11-26-16(24)10-21-15(23)9-20(3)17(21)25/h4-7H,8-11H2,1-3H3,(H,18,22). The number of amides is 4. The number of urea groups is 1. The number of anilines is 1. The SMILES string of the molecule is CN1CC(=O)N(CC(=O)OCC(=O)NCc2ccc(N(C)C)cc2)C1=O. The van der Waals surface area contributed by atoms with Crippen LogP contribution in [0, 0.1) is 0 Å². The number of hydrogen-bond acceptors (Lipinski definition) is 6. The largest absolute Gasteiger partial charge is 0.454 e. The van der Waals surface area contributed by atoms with Crippen molar-refractivity contribution in [2.45, 2.75) is 6.54 Å². The van der Waals surface area contributed by atoms with Crippen molar-refractivity contribution in [1.82, 2.24) is 15.1 Å². The van der Waals surface area contributed by atoms with Gasteiger partial charge in [-0.15, -0.1) is 0 Å². The monoisotopic (exact) mass is 362 g/mol. The van der Waals surface area contributed by atoms with Gasteiger partial charge >= 0.3 is 12.0 Å². The van der Waals surface area contributed by atoms with Crippen molar-refractivity contribution in [3.05, 3.63) is 29.8 Å². The Morgan fingerprint density at radius 3 is 2.38 bits per heavy atom. The molecule has 0 spiro atoms. The van der Waals surface area contributed by atoms with Gasteiger partial charge < -0.3 is 19.9 Å². The highest BCUT2D eigenvalue weighted by Gasteiger charge is 2.35. The Labute approximate surface area is 151 Å². The summed E-state index contributed by atoms with van der Waals surface area (Å²) in [6.45, 7) is -0.737. The van der Waals surface area contributed by atoms with Crippen LogP contribution in [0.4, 0.5) is 10.5 Å². The second kappa shape index (κ2) is 8.32. The predicted octanol–water partition coefficient (Wildman–Crippen LogP) is -0.194. The summed E-state index contributed by atoms with van der Waals surface area (Å²) < 4.78 is 4.81. The normalized spacial score (nSPS) is 13.8. The van der Waals surface area contributed by atoms with Gasteiger partial charge in [-0.05, 0) is 17.7 Å². The number of esters is 1. The van der Waals surface area contributed by atoms with Crippen LogP contribution < -0.4 is 10.2 Å². The quantitative estimate of drug-likeness (QED) is 0.533. The van der Waals surface area contributed by atoms with Crippen molar-refractivity contribution in [2.24, 2.45) is 0 Å². The molecule has 0 unspecified atom stereocenters. The highest BCUT2D eigenvalue weighted by molar-refractivity contribution is 6.04. The first kappa shape index (κ1) is 19.2. The lowest BCUT2D eigenvalue weighted by atomic mass is 10.2. The number of carbonyl (C=O) groups is 4. The molecule has 0 aromatic heterocycles. The minimum atomic E-state index is -0.813. The fourth-order valence-corrected chi connectivity index (χ4v) is 2.31. The maximum absolute atomic E-state index is 11.8. The summed E-state index contributed by atoms with van der Waals surface area (Å²) in [6.07, 6.45) is 0. The summed E-state index contributed by atoms with van der Waals surface area (Å²) >= 11 is 0. The van der Waals surface area contributed by atoms with Gasteiger partial charge in [0.2, 0.25) is 0 Å². The fraction of sp³-hybridized carbons (Fsp3) is 0.412. The molecule has 0 aliphatic carbocycles. The first-order valence-electron chi connectivity index (χ1n) is 8.02. The molecular weight excluding hydrogens is 340 g/mol. The second-order valence-corrected chi connectivity index (χ2v) is 6.12. The molecule has 2 rings (SSSR count). The molecule has 1 fully saturated rings. The van der Waals surface area contributed by atoms with E-state index in [4.69, 9.17) is 4.74 Å². The summed E-state index contributed by atoms with van der Waals surface area (Å²) in [5, 5.41) is 2.64. The number of likely N-dealkylation sites (N-methyl/N-ethyl adjacent to an activating group) is 1. The summed E-state index contributed by atoms with van der Waals surface area (Å²) in [4.78, 5) is 50.7. The number of rotatable bonds is 7. The van der Waals surface area contributed by atoms with Crippen LogP contribution in [0.5, 0.6) is 0 Å². The molecule has 1 heterocycles. The van der Waals surface area contributed by atoms with Crippen LogP contribution in [-0.4, -0.2) is 74.5 Å². The minimum absolute atomic E-state index is 0.0702. The number of benzene rings is 1. The highest BCUT2D eigenvalue weighted by Crippen LogP contribution is 2.12. The fourth-order valence-electron chi connectivity index (χ4n) is 2.31. The molecule has 9 nitrogen and oxygen atoms in total. The van der Waals surface area contributed by atoms with Gasteiger partial charge in [0.25, 0.3) is 11.8 Å². The molecule has 9 heteroatoms. The maximum Gasteiger partial charge on any atom is 0.327 e. The van der Waals surface area contributed by atoms with Crippen LogP contribution >= 0.6 is 0 Å². The molecule has 0 radical (unpaired) electrons. The zero-order chi connectivity index (χ0) is 19.3. The van der Waals surface area contributed by atoms with E-state index >= 15 is 0 Å². The molecule has 26 heavy (non-hydrogen) atoms. The van der Waals surface area contributed by atoms with E-state index in [1.54, 1.807) is 0 Å². The molecule has 0 bridgehead atoms. The topological polar surface area (TPSA) is 99.3 Å². The Morgan fingerprint density at radius 1 is 1.19 bits per heavy atom. The lowest BCUT2D eigenvalue weighted by molar-refractivity contribution is -0.150. The van der Waals surface area contributed by atoms with Crippen LogP contribution in [0.1, 0.15) is 5.56 Å². The van der Waals surface area contributed by atoms with E-state index in [2.05, 4.69) is 5.32 Å². The third-order valence-corrected chi connectivity index (χ3v) is 3.82. The molecule has 1 aromatic rings. The second-order valence-electron chi connectivity index (χ2n) is 6.12. The molecule has 0 saturated carbocycles. The smallest absolute Gasteiger partial charge is 0.327 e. The average Bonchev–Trinajstić information content (AvgIpc) is 2.84. The Bertz CT molecular complexity index is 702. The van der Waals surface area contributed by atoms with Crippen molar-refractivity contribution in [3.8, 4) is 0 Å². The molecule has 1 aromatic carbocycles. The summed E-state index contributed by atoms with van der Waals surface area (Å²) in [7, 11) is 5.34. The lowest BCUT2D eigenvalue weighted by Gasteiger charge is -2.14. The van der Waals surface area contributed by atoms with Gasteiger partial charge in [0, 0.05) is 33.4 Å². The average molecular weight is 362 g/mol. The van der Waals surface area contributed by atoms with E-state index in [0.29, 0.717) is 6.54 Å². The van der Waals surface area contributed by atoms with Gasteiger partial charge in [-0.2, -0.15) is 0 Å². The number of ether oxygens (including phenoxy) is 1. The van der Waals surface area contributed by atoms with Gasteiger partial charge in [-0.1, -0.05) is 12.1 Å².